The first-order valence-corrected chi connectivity index (χ1v) is 13.4. The minimum atomic E-state index is -0.264. The van der Waals surface area contributed by atoms with Crippen LogP contribution in [0.1, 0.15) is 72.0 Å². The molecule has 0 bridgehead atoms. The Kier molecular flexibility index (Phi) is 8.03. The molecule has 10 nitrogen and oxygen atoms in total. The molecular weight excluding hydrogens is 488 g/mol. The second-order valence-corrected chi connectivity index (χ2v) is 11.8. The van der Waals surface area contributed by atoms with Gasteiger partial charge in [0.05, 0.1) is 23.6 Å². The quantitative estimate of drug-likeness (QED) is 0.486. The van der Waals surface area contributed by atoms with E-state index in [1.54, 1.807) is 12.5 Å². The van der Waals surface area contributed by atoms with Gasteiger partial charge >= 0.3 is 0 Å². The summed E-state index contributed by atoms with van der Waals surface area (Å²) >= 11 is 1.39. The molecule has 198 valence electrons. The van der Waals surface area contributed by atoms with Crippen LogP contribution in [0.25, 0.3) is 0 Å². The summed E-state index contributed by atoms with van der Waals surface area (Å²) < 4.78 is 0. The van der Waals surface area contributed by atoms with Gasteiger partial charge in [-0.2, -0.15) is 0 Å². The maximum Gasteiger partial charge on any atom is 0.259 e. The monoisotopic (exact) mass is 524 g/mol. The summed E-state index contributed by atoms with van der Waals surface area (Å²) in [5.74, 6) is -0.0290. The summed E-state index contributed by atoms with van der Waals surface area (Å²) in [7, 11) is 3.85. The van der Waals surface area contributed by atoms with Crippen LogP contribution in [0.2, 0.25) is 0 Å². The van der Waals surface area contributed by atoms with Gasteiger partial charge < -0.3 is 9.88 Å². The molecule has 1 saturated heterocycles. The van der Waals surface area contributed by atoms with E-state index in [0.717, 1.165) is 34.9 Å². The van der Waals surface area contributed by atoms with Crippen molar-refractivity contribution in [3.05, 3.63) is 52.3 Å². The van der Waals surface area contributed by atoms with Gasteiger partial charge in [-0.25, -0.2) is 4.98 Å². The molecule has 37 heavy (non-hydrogen) atoms. The van der Waals surface area contributed by atoms with Crippen LogP contribution in [0, 0.1) is 6.92 Å². The fraction of sp³-hybridized carbons (Fsp3) is 0.538. The Morgan fingerprint density at radius 3 is 2.54 bits per heavy atom. The van der Waals surface area contributed by atoms with Crippen molar-refractivity contribution in [1.29, 1.82) is 0 Å². The van der Waals surface area contributed by atoms with E-state index in [0.29, 0.717) is 30.2 Å². The Bertz CT molecular complexity index is 1220. The van der Waals surface area contributed by atoms with Gasteiger partial charge in [-0.05, 0) is 46.0 Å². The van der Waals surface area contributed by atoms with Crippen molar-refractivity contribution in [2.24, 2.45) is 0 Å². The molecule has 2 N–H and O–H groups in total. The number of aromatic nitrogens is 5. The number of pyridine rings is 1. The third kappa shape index (κ3) is 6.40. The van der Waals surface area contributed by atoms with Gasteiger partial charge in [-0.3, -0.25) is 24.8 Å². The largest absolute Gasteiger partial charge is 0.348 e. The highest BCUT2D eigenvalue weighted by Crippen LogP contribution is 2.32. The number of anilines is 1. The van der Waals surface area contributed by atoms with Crippen LogP contribution in [0.15, 0.2) is 24.7 Å². The standard InChI is InChI=1S/C26H36N8O2S/c1-16-7-8-19(22(35)30-25-32-31-24(37-25)26(2,3)4)21(29-16)17-9-11-34(12-10-17)23(36)20(33(5)6)13-18-14-27-15-28-18/h7-8,14-15,17,20H,9-13H2,1-6H3,(H,27,28)(H,30,32,35)/t20-/m0/s1. The Morgan fingerprint density at radius 2 is 1.95 bits per heavy atom. The van der Waals surface area contributed by atoms with Gasteiger partial charge in [-0.1, -0.05) is 32.1 Å². The second-order valence-electron chi connectivity index (χ2n) is 10.9. The molecule has 0 radical (unpaired) electrons. The van der Waals surface area contributed by atoms with Crippen molar-refractivity contribution >= 4 is 28.3 Å². The van der Waals surface area contributed by atoms with Crippen LogP contribution in [0.3, 0.4) is 0 Å². The number of hydrogen-bond acceptors (Lipinski definition) is 8. The molecule has 1 fully saturated rings. The van der Waals surface area contributed by atoms with Gasteiger partial charge in [0.25, 0.3) is 5.91 Å². The topological polar surface area (TPSA) is 120 Å². The number of piperidine rings is 1. The molecule has 0 saturated carbocycles. The van der Waals surface area contributed by atoms with Crippen LogP contribution in [0.5, 0.6) is 0 Å². The van der Waals surface area contributed by atoms with Crippen LogP contribution >= 0.6 is 11.3 Å². The number of hydrogen-bond donors (Lipinski definition) is 2. The molecule has 11 heteroatoms. The number of amides is 2. The molecule has 0 aromatic carbocycles. The van der Waals surface area contributed by atoms with Gasteiger partial charge in [0.15, 0.2) is 0 Å². The lowest BCUT2D eigenvalue weighted by molar-refractivity contribution is -0.137. The first-order chi connectivity index (χ1) is 17.5. The fourth-order valence-corrected chi connectivity index (χ4v) is 5.30. The predicted molar refractivity (Wildman–Crippen MR) is 144 cm³/mol. The molecule has 0 spiro atoms. The summed E-state index contributed by atoms with van der Waals surface area (Å²) in [6, 6.07) is 3.43. The molecule has 3 aromatic heterocycles. The zero-order valence-electron chi connectivity index (χ0n) is 22.4. The number of imidazole rings is 1. The van der Waals surface area contributed by atoms with Crippen LogP contribution in [0.4, 0.5) is 5.13 Å². The fourth-order valence-electron chi connectivity index (χ4n) is 4.50. The summed E-state index contributed by atoms with van der Waals surface area (Å²) in [6.45, 7) is 9.38. The number of likely N-dealkylation sites (tertiary alicyclic amines) is 1. The van der Waals surface area contributed by atoms with E-state index in [2.05, 4.69) is 46.3 Å². The summed E-state index contributed by atoms with van der Waals surface area (Å²) in [6.07, 6.45) is 5.48. The van der Waals surface area contributed by atoms with Gasteiger partial charge in [0.1, 0.15) is 5.01 Å². The Labute approximate surface area is 221 Å². The van der Waals surface area contributed by atoms with Crippen molar-refractivity contribution in [2.75, 3.05) is 32.5 Å². The van der Waals surface area contributed by atoms with Crippen LogP contribution in [-0.2, 0) is 16.6 Å². The molecule has 1 atom stereocenters. The smallest absolute Gasteiger partial charge is 0.259 e. The van der Waals surface area contributed by atoms with E-state index >= 15 is 0 Å². The molecule has 2 amide bonds. The SMILES string of the molecule is Cc1ccc(C(=O)Nc2nnc(C(C)(C)C)s2)c(C2CCN(C(=O)[C@H](Cc3cnc[nH]3)N(C)C)CC2)n1. The van der Waals surface area contributed by atoms with Crippen molar-refractivity contribution in [3.63, 3.8) is 0 Å². The van der Waals surface area contributed by atoms with E-state index in [4.69, 9.17) is 4.98 Å². The highest BCUT2D eigenvalue weighted by Gasteiger charge is 2.32. The molecule has 4 heterocycles. The molecule has 1 aliphatic rings. The van der Waals surface area contributed by atoms with Crippen molar-refractivity contribution in [1.82, 2.24) is 34.9 Å². The number of nitrogens with one attached hydrogen (secondary N) is 2. The van der Waals surface area contributed by atoms with Crippen molar-refractivity contribution in [3.8, 4) is 0 Å². The number of carbonyl (C=O) groups excluding carboxylic acids is 2. The molecule has 0 aliphatic carbocycles. The van der Waals surface area contributed by atoms with E-state index in [1.807, 2.05) is 43.0 Å². The maximum absolute atomic E-state index is 13.4. The number of nitrogens with zero attached hydrogens (tertiary/aromatic N) is 6. The van der Waals surface area contributed by atoms with E-state index in [1.165, 1.54) is 11.3 Å². The van der Waals surface area contributed by atoms with E-state index < -0.39 is 0 Å². The maximum atomic E-state index is 13.4. The number of H-pyrrole nitrogens is 1. The lowest BCUT2D eigenvalue weighted by Crippen LogP contribution is -2.49. The predicted octanol–water partition coefficient (Wildman–Crippen LogP) is 3.39. The van der Waals surface area contributed by atoms with Crippen LogP contribution < -0.4 is 5.32 Å². The lowest BCUT2D eigenvalue weighted by Gasteiger charge is -2.36. The highest BCUT2D eigenvalue weighted by atomic mass is 32.1. The van der Waals surface area contributed by atoms with E-state index in [9.17, 15) is 9.59 Å². The molecule has 0 unspecified atom stereocenters. The number of rotatable bonds is 7. The third-order valence-electron chi connectivity index (χ3n) is 6.67. The second kappa shape index (κ2) is 11.1. The molecule has 3 aromatic rings. The third-order valence-corrected chi connectivity index (χ3v) is 7.93. The van der Waals surface area contributed by atoms with Gasteiger partial charge in [0, 0.05) is 48.4 Å². The molecule has 4 rings (SSSR count). The lowest BCUT2D eigenvalue weighted by atomic mass is 9.89. The number of aromatic amines is 1. The summed E-state index contributed by atoms with van der Waals surface area (Å²) in [4.78, 5) is 42.4. The minimum Gasteiger partial charge on any atom is -0.348 e. The van der Waals surface area contributed by atoms with Gasteiger partial charge in [-0.15, -0.1) is 10.2 Å². The van der Waals surface area contributed by atoms with Crippen LogP contribution in [-0.4, -0.2) is 80.0 Å². The normalized spacial score (nSPS) is 15.7. The average Bonchev–Trinajstić information content (AvgIpc) is 3.54. The van der Waals surface area contributed by atoms with Crippen molar-refractivity contribution in [2.45, 2.75) is 64.3 Å². The number of aryl methyl sites for hydroxylation is 1. The zero-order chi connectivity index (χ0) is 26.7. The first-order valence-electron chi connectivity index (χ1n) is 12.6. The summed E-state index contributed by atoms with van der Waals surface area (Å²) in [5, 5.41) is 12.6. The Balaban J connectivity index is 1.45. The van der Waals surface area contributed by atoms with Gasteiger partial charge in [0.2, 0.25) is 11.0 Å². The Hall–Kier alpha value is -3.18. The average molecular weight is 525 g/mol. The highest BCUT2D eigenvalue weighted by molar-refractivity contribution is 7.15. The Morgan fingerprint density at radius 1 is 1.22 bits per heavy atom. The zero-order valence-corrected chi connectivity index (χ0v) is 23.2. The number of carbonyl (C=O) groups is 2. The minimum absolute atomic E-state index is 0.0923. The first kappa shape index (κ1) is 26.9. The van der Waals surface area contributed by atoms with E-state index in [-0.39, 0.29) is 29.2 Å². The van der Waals surface area contributed by atoms with Crippen molar-refractivity contribution < 1.29 is 9.59 Å². The molecular formula is C26H36N8O2S. The summed E-state index contributed by atoms with van der Waals surface area (Å²) in [5.41, 5.74) is 3.00. The number of likely N-dealkylation sites (N-methyl/N-ethyl adjacent to an activating group) is 1. The molecule has 1 aliphatic heterocycles.